The lowest BCUT2D eigenvalue weighted by molar-refractivity contribution is -0.127. The molecule has 1 fully saturated rings. The monoisotopic (exact) mass is 229 g/mol. The standard InChI is InChI=1S/C11H23N3O2/c1-7-4-5-14(6-10(7)15)9(3)8(2)11(16)13-12/h7-10,15H,4-6,12H2,1-3H3,(H,13,16). The number of hydrazine groups is 1. The van der Waals surface area contributed by atoms with E-state index in [9.17, 15) is 9.90 Å². The van der Waals surface area contributed by atoms with Gasteiger partial charge < -0.3 is 5.11 Å². The Balaban J connectivity index is 2.54. The second-order valence-electron chi connectivity index (χ2n) is 4.87. The van der Waals surface area contributed by atoms with Crippen LogP contribution in [0.5, 0.6) is 0 Å². The fraction of sp³-hybridized carbons (Fsp3) is 0.909. The lowest BCUT2D eigenvalue weighted by Gasteiger charge is -2.39. The van der Waals surface area contributed by atoms with Crippen LogP contribution in [0.1, 0.15) is 27.2 Å². The molecule has 0 aromatic heterocycles. The molecule has 4 N–H and O–H groups in total. The van der Waals surface area contributed by atoms with Crippen LogP contribution in [-0.4, -0.2) is 41.1 Å². The van der Waals surface area contributed by atoms with Crippen molar-refractivity contribution >= 4 is 5.91 Å². The molecular weight excluding hydrogens is 206 g/mol. The third-order valence-electron chi connectivity index (χ3n) is 3.81. The summed E-state index contributed by atoms with van der Waals surface area (Å²) in [7, 11) is 0. The number of rotatable bonds is 3. The first-order valence-electron chi connectivity index (χ1n) is 5.90. The van der Waals surface area contributed by atoms with E-state index in [2.05, 4.69) is 17.2 Å². The zero-order chi connectivity index (χ0) is 12.3. The van der Waals surface area contributed by atoms with E-state index in [0.29, 0.717) is 12.5 Å². The van der Waals surface area contributed by atoms with Crippen LogP contribution in [0.15, 0.2) is 0 Å². The number of aliphatic hydroxyl groups excluding tert-OH is 1. The average Bonchev–Trinajstić information content (AvgIpc) is 2.29. The summed E-state index contributed by atoms with van der Waals surface area (Å²) in [5.74, 6) is 5.16. The molecule has 0 aromatic carbocycles. The van der Waals surface area contributed by atoms with Crippen LogP contribution >= 0.6 is 0 Å². The van der Waals surface area contributed by atoms with Gasteiger partial charge in [-0.1, -0.05) is 13.8 Å². The normalized spacial score (nSPS) is 30.8. The molecule has 5 heteroatoms. The number of carbonyl (C=O) groups excluding carboxylic acids is 1. The Hall–Kier alpha value is -0.650. The molecule has 0 saturated carbocycles. The molecule has 0 bridgehead atoms. The smallest absolute Gasteiger partial charge is 0.238 e. The first-order chi connectivity index (χ1) is 7.47. The second-order valence-corrected chi connectivity index (χ2v) is 4.87. The number of amides is 1. The second kappa shape index (κ2) is 5.61. The summed E-state index contributed by atoms with van der Waals surface area (Å²) in [5.41, 5.74) is 2.18. The van der Waals surface area contributed by atoms with Crippen molar-refractivity contribution in [1.29, 1.82) is 0 Å². The number of hydrogen-bond donors (Lipinski definition) is 3. The topological polar surface area (TPSA) is 78.6 Å². The van der Waals surface area contributed by atoms with Crippen molar-refractivity contribution in [2.45, 2.75) is 39.3 Å². The fourth-order valence-corrected chi connectivity index (χ4v) is 2.11. The molecule has 1 amide bonds. The molecule has 94 valence electrons. The van der Waals surface area contributed by atoms with Crippen molar-refractivity contribution in [1.82, 2.24) is 10.3 Å². The Morgan fingerprint density at radius 2 is 2.19 bits per heavy atom. The van der Waals surface area contributed by atoms with Gasteiger partial charge in [-0.05, 0) is 25.8 Å². The Labute approximate surface area is 97.0 Å². The zero-order valence-corrected chi connectivity index (χ0v) is 10.3. The van der Waals surface area contributed by atoms with Crippen molar-refractivity contribution in [3.8, 4) is 0 Å². The zero-order valence-electron chi connectivity index (χ0n) is 10.3. The van der Waals surface area contributed by atoms with Gasteiger partial charge in [0, 0.05) is 12.6 Å². The molecule has 0 spiro atoms. The van der Waals surface area contributed by atoms with Crippen LogP contribution in [0.4, 0.5) is 0 Å². The molecule has 0 aliphatic carbocycles. The van der Waals surface area contributed by atoms with Gasteiger partial charge in [0.25, 0.3) is 0 Å². The highest BCUT2D eigenvalue weighted by atomic mass is 16.3. The molecule has 1 heterocycles. The summed E-state index contributed by atoms with van der Waals surface area (Å²) < 4.78 is 0. The Bertz CT molecular complexity index is 247. The summed E-state index contributed by atoms with van der Waals surface area (Å²) in [4.78, 5) is 13.6. The van der Waals surface area contributed by atoms with Crippen LogP contribution in [0.2, 0.25) is 0 Å². The number of nitrogens with one attached hydrogen (secondary N) is 1. The van der Waals surface area contributed by atoms with Gasteiger partial charge in [-0.2, -0.15) is 0 Å². The minimum absolute atomic E-state index is 0.102. The Morgan fingerprint density at radius 3 is 2.69 bits per heavy atom. The summed E-state index contributed by atoms with van der Waals surface area (Å²) in [6.07, 6.45) is 0.687. The highest BCUT2D eigenvalue weighted by molar-refractivity contribution is 5.78. The minimum atomic E-state index is -0.288. The first-order valence-corrected chi connectivity index (χ1v) is 5.90. The molecule has 0 radical (unpaired) electrons. The van der Waals surface area contributed by atoms with E-state index in [4.69, 9.17) is 5.84 Å². The third kappa shape index (κ3) is 2.93. The predicted octanol–water partition coefficient (Wildman–Crippen LogP) is -0.296. The maximum absolute atomic E-state index is 11.4. The van der Waals surface area contributed by atoms with E-state index >= 15 is 0 Å². The van der Waals surface area contributed by atoms with E-state index in [1.807, 2.05) is 13.8 Å². The van der Waals surface area contributed by atoms with Crippen molar-refractivity contribution in [2.24, 2.45) is 17.7 Å². The van der Waals surface area contributed by atoms with E-state index in [1.165, 1.54) is 0 Å². The molecule has 4 unspecified atom stereocenters. The summed E-state index contributed by atoms with van der Waals surface area (Å²) in [6, 6.07) is 0.102. The van der Waals surface area contributed by atoms with Crippen LogP contribution < -0.4 is 11.3 Å². The molecule has 5 nitrogen and oxygen atoms in total. The number of nitrogens with two attached hydrogens (primary N) is 1. The van der Waals surface area contributed by atoms with Crippen LogP contribution in [0, 0.1) is 11.8 Å². The van der Waals surface area contributed by atoms with Crippen molar-refractivity contribution in [2.75, 3.05) is 13.1 Å². The molecule has 16 heavy (non-hydrogen) atoms. The van der Waals surface area contributed by atoms with Crippen molar-refractivity contribution < 1.29 is 9.90 Å². The van der Waals surface area contributed by atoms with Crippen LogP contribution in [0.25, 0.3) is 0 Å². The van der Waals surface area contributed by atoms with E-state index in [-0.39, 0.29) is 24.0 Å². The minimum Gasteiger partial charge on any atom is -0.392 e. The number of aliphatic hydroxyl groups is 1. The van der Waals surface area contributed by atoms with Gasteiger partial charge in [-0.3, -0.25) is 15.1 Å². The third-order valence-corrected chi connectivity index (χ3v) is 3.81. The quantitative estimate of drug-likeness (QED) is 0.353. The van der Waals surface area contributed by atoms with Gasteiger partial charge in [-0.25, -0.2) is 5.84 Å². The number of β-amino-alcohol motifs (C(OH)–C–C–N with tert-alkyl or cyclic N) is 1. The maximum Gasteiger partial charge on any atom is 0.238 e. The molecule has 1 aliphatic rings. The number of nitrogens with zero attached hydrogens (tertiary/aromatic N) is 1. The van der Waals surface area contributed by atoms with Crippen LogP contribution in [0.3, 0.4) is 0 Å². The predicted molar refractivity (Wildman–Crippen MR) is 62.3 cm³/mol. The summed E-state index contributed by atoms with van der Waals surface area (Å²) in [5, 5.41) is 9.81. The SMILES string of the molecule is CC1CCN(C(C)C(C)C(=O)NN)CC1O. The first kappa shape index (κ1) is 13.4. The summed E-state index contributed by atoms with van der Waals surface area (Å²) >= 11 is 0. The number of piperidine rings is 1. The number of hydrogen-bond acceptors (Lipinski definition) is 4. The largest absolute Gasteiger partial charge is 0.392 e. The Kier molecular flexibility index (Phi) is 4.70. The van der Waals surface area contributed by atoms with E-state index in [0.717, 1.165) is 13.0 Å². The van der Waals surface area contributed by atoms with Gasteiger partial charge in [0.05, 0.1) is 12.0 Å². The van der Waals surface area contributed by atoms with Gasteiger partial charge in [0.2, 0.25) is 5.91 Å². The van der Waals surface area contributed by atoms with Gasteiger partial charge in [0.1, 0.15) is 0 Å². The molecule has 1 saturated heterocycles. The van der Waals surface area contributed by atoms with Crippen LogP contribution in [-0.2, 0) is 4.79 Å². The molecule has 1 aliphatic heterocycles. The average molecular weight is 229 g/mol. The lowest BCUT2D eigenvalue weighted by Crippen LogP contribution is -2.52. The van der Waals surface area contributed by atoms with Gasteiger partial charge >= 0.3 is 0 Å². The van der Waals surface area contributed by atoms with Crippen molar-refractivity contribution in [3.05, 3.63) is 0 Å². The molecule has 1 rings (SSSR count). The molecule has 4 atom stereocenters. The molecular formula is C11H23N3O2. The van der Waals surface area contributed by atoms with Crippen molar-refractivity contribution in [3.63, 3.8) is 0 Å². The number of carbonyl (C=O) groups is 1. The Morgan fingerprint density at radius 1 is 1.56 bits per heavy atom. The highest BCUT2D eigenvalue weighted by Crippen LogP contribution is 2.21. The summed E-state index contributed by atoms with van der Waals surface area (Å²) in [6.45, 7) is 7.49. The lowest BCUT2D eigenvalue weighted by atomic mass is 9.92. The van der Waals surface area contributed by atoms with Gasteiger partial charge in [0.15, 0.2) is 0 Å². The highest BCUT2D eigenvalue weighted by Gasteiger charge is 2.31. The van der Waals surface area contributed by atoms with E-state index in [1.54, 1.807) is 0 Å². The van der Waals surface area contributed by atoms with Gasteiger partial charge in [-0.15, -0.1) is 0 Å². The van der Waals surface area contributed by atoms with E-state index < -0.39 is 0 Å². The molecule has 0 aromatic rings. The maximum atomic E-state index is 11.4. The fourth-order valence-electron chi connectivity index (χ4n) is 2.11. The number of likely N-dealkylation sites (tertiary alicyclic amines) is 1.